The molecule has 0 heterocycles. The van der Waals surface area contributed by atoms with E-state index < -0.39 is 48.1 Å². The van der Waals surface area contributed by atoms with E-state index in [9.17, 15) is 28.0 Å². The Labute approximate surface area is 464 Å². The number of amides is 4. The van der Waals surface area contributed by atoms with Crippen LogP contribution in [0.4, 0.5) is 8.78 Å². The molecule has 0 aromatic heterocycles. The molecule has 388 valence electrons. The summed E-state index contributed by atoms with van der Waals surface area (Å²) in [7, 11) is 17.3. The second-order valence-corrected chi connectivity index (χ2v) is 16.0. The molecule has 27 heteroatoms. The zero-order valence-electron chi connectivity index (χ0n) is 42.3. The van der Waals surface area contributed by atoms with Crippen LogP contribution in [-0.4, -0.2) is 149 Å². The molecule has 20 nitrogen and oxygen atoms in total. The molecule has 0 fully saturated rings. The van der Waals surface area contributed by atoms with Gasteiger partial charge in [0.1, 0.15) is 67.3 Å². The number of methoxy groups -OCH3 is 8. The maximum absolute atomic E-state index is 14.3. The van der Waals surface area contributed by atoms with E-state index in [-0.39, 0.29) is 83.6 Å². The minimum Gasteiger partial charge on any atom is -0.497 e. The predicted molar refractivity (Wildman–Crippen MR) is 278 cm³/mol. The van der Waals surface area contributed by atoms with Gasteiger partial charge in [-0.3, -0.25) is 60.9 Å². The Balaban J connectivity index is 0.000000493. The molecule has 0 atom stereocenters. The molecule has 4 aromatic carbocycles. The second kappa shape index (κ2) is 29.9. The van der Waals surface area contributed by atoms with Crippen LogP contribution >= 0.6 is 48.9 Å². The van der Waals surface area contributed by atoms with Gasteiger partial charge in [-0.25, -0.2) is 8.78 Å². The number of hydrogen-bond donors (Lipinski definition) is 4. The fraction of sp³-hybridized carbons (Fsp3) is 0.304. The topological polar surface area (TPSA) is 203 Å². The van der Waals surface area contributed by atoms with Crippen molar-refractivity contribution in [2.24, 2.45) is 0 Å². The Hall–Kier alpha value is -6.42. The van der Waals surface area contributed by atoms with Crippen LogP contribution in [0.5, 0.6) is 46.0 Å². The number of hydrazine groups is 4. The smallest absolute Gasteiger partial charge is 0.497 e. The van der Waals surface area contributed by atoms with Crippen molar-refractivity contribution in [3.63, 3.8) is 0 Å². The second-order valence-electron chi connectivity index (χ2n) is 14.5. The number of benzene rings is 4. The van der Waals surface area contributed by atoms with E-state index in [2.05, 4.69) is 21.7 Å². The summed E-state index contributed by atoms with van der Waals surface area (Å²) in [6.07, 6.45) is -1.09. The van der Waals surface area contributed by atoms with Gasteiger partial charge in [-0.2, -0.15) is 0 Å². The van der Waals surface area contributed by atoms with Gasteiger partial charge in [0.25, 0.3) is 0 Å². The molecule has 4 aromatic rings. The van der Waals surface area contributed by atoms with E-state index >= 15 is 0 Å². The predicted octanol–water partition coefficient (Wildman–Crippen LogP) is 1.46. The first-order valence-electron chi connectivity index (χ1n) is 20.7. The summed E-state index contributed by atoms with van der Waals surface area (Å²) in [5.74, 6) is -1.67. The Bertz CT molecular complexity index is 2510. The quantitative estimate of drug-likeness (QED) is 0.0543. The summed E-state index contributed by atoms with van der Waals surface area (Å²) in [5, 5.41) is 4.94. The van der Waals surface area contributed by atoms with Crippen molar-refractivity contribution in [2.45, 2.75) is 12.8 Å². The largest absolute Gasteiger partial charge is 1.00 e. The number of nitrogens with zero attached hydrogens (tertiary/aromatic N) is 4. The van der Waals surface area contributed by atoms with E-state index in [1.165, 1.54) is 117 Å². The first-order chi connectivity index (χ1) is 34.1. The zero-order chi connectivity index (χ0) is 54.0. The van der Waals surface area contributed by atoms with Crippen molar-refractivity contribution < 1.29 is 95.4 Å². The molecule has 0 aliphatic heterocycles. The number of nitrogens with one attached hydrogen (secondary N) is 4. The molecule has 4 amide bonds. The maximum Gasteiger partial charge on any atom is 1.00 e. The summed E-state index contributed by atoms with van der Waals surface area (Å²) in [5.41, 5.74) is 11.4. The minimum atomic E-state index is -0.681. The average molecular weight is 1100 g/mol. The molecule has 0 saturated heterocycles. The molecule has 4 rings (SSSR count). The first kappa shape index (κ1) is 62.7. The molecule has 0 aliphatic rings. The van der Waals surface area contributed by atoms with Gasteiger partial charge in [0.2, 0.25) is 23.6 Å². The SMILES string of the molecule is COc1ccc(OC)c(C(=S)N(C)NC(=O)CC(=O)NN(C)C(=S)c2cc(OC)cc(F)c2OC)c1.COc1ccc(OC)c(C(=S)N(C)NC(=O)CC(=O)NN(C)C(=S)c2cc(OC)cc(F)c2OC)c1.[Na+]. The van der Waals surface area contributed by atoms with Crippen LogP contribution < -0.4 is 89.2 Å². The summed E-state index contributed by atoms with van der Waals surface area (Å²) >= 11 is 21.6. The summed E-state index contributed by atoms with van der Waals surface area (Å²) in [6.45, 7) is 0. The van der Waals surface area contributed by atoms with E-state index in [0.29, 0.717) is 34.1 Å². The van der Waals surface area contributed by atoms with Crippen LogP contribution in [0.1, 0.15) is 35.1 Å². The third-order valence-corrected chi connectivity index (χ3v) is 11.7. The van der Waals surface area contributed by atoms with Crippen molar-refractivity contribution >= 4 is 92.5 Å². The fourth-order valence-corrected chi connectivity index (χ4v) is 7.00. The molecule has 0 saturated carbocycles. The Morgan fingerprint density at radius 2 is 0.671 bits per heavy atom. The van der Waals surface area contributed by atoms with Gasteiger partial charge < -0.3 is 37.9 Å². The monoisotopic (exact) mass is 1100 g/mol. The number of ether oxygens (including phenoxy) is 8. The number of carbonyl (C=O) groups excluding carboxylic acids is 4. The van der Waals surface area contributed by atoms with E-state index in [1.54, 1.807) is 36.4 Å². The van der Waals surface area contributed by atoms with Crippen molar-refractivity contribution in [1.82, 2.24) is 41.7 Å². The van der Waals surface area contributed by atoms with Crippen molar-refractivity contribution in [1.29, 1.82) is 0 Å². The zero-order valence-corrected chi connectivity index (χ0v) is 47.5. The van der Waals surface area contributed by atoms with Crippen LogP contribution in [0.3, 0.4) is 0 Å². The summed E-state index contributed by atoms with van der Waals surface area (Å²) in [6, 6.07) is 15.4. The number of rotatable bonds is 16. The van der Waals surface area contributed by atoms with Crippen LogP contribution in [0.15, 0.2) is 60.7 Å². The van der Waals surface area contributed by atoms with E-state index in [1.807, 2.05) is 0 Å². The molecule has 4 N–H and O–H groups in total. The molecular weight excluding hydrogens is 1050 g/mol. The Morgan fingerprint density at radius 1 is 0.411 bits per heavy atom. The van der Waals surface area contributed by atoms with Crippen LogP contribution in [0.2, 0.25) is 0 Å². The van der Waals surface area contributed by atoms with E-state index in [0.717, 1.165) is 12.1 Å². The molecule has 0 spiro atoms. The minimum absolute atomic E-state index is 0. The average Bonchev–Trinajstić information content (AvgIpc) is 3.36. The van der Waals surface area contributed by atoms with Gasteiger partial charge in [-0.05, 0) is 48.5 Å². The molecule has 0 bridgehead atoms. The van der Waals surface area contributed by atoms with Gasteiger partial charge in [-0.15, -0.1) is 0 Å². The molecular formula is C46H54F2N8NaO12S4+. The van der Waals surface area contributed by atoms with Gasteiger partial charge >= 0.3 is 29.6 Å². The Morgan fingerprint density at radius 3 is 0.918 bits per heavy atom. The molecule has 0 radical (unpaired) electrons. The van der Waals surface area contributed by atoms with Gasteiger partial charge in [0, 0.05) is 40.3 Å². The number of hydrogen-bond acceptors (Lipinski definition) is 16. The van der Waals surface area contributed by atoms with Crippen LogP contribution in [0, 0.1) is 11.6 Å². The third kappa shape index (κ3) is 17.4. The van der Waals surface area contributed by atoms with Gasteiger partial charge in [0.15, 0.2) is 23.1 Å². The Kier molecular flexibility index (Phi) is 25.7. The van der Waals surface area contributed by atoms with Crippen LogP contribution in [-0.2, 0) is 19.2 Å². The summed E-state index contributed by atoms with van der Waals surface area (Å²) < 4.78 is 70.0. The van der Waals surface area contributed by atoms with Gasteiger partial charge in [-0.1, -0.05) is 48.9 Å². The molecule has 0 unspecified atom stereocenters. The van der Waals surface area contributed by atoms with Crippen molar-refractivity contribution in [3.8, 4) is 46.0 Å². The van der Waals surface area contributed by atoms with E-state index in [4.69, 9.17) is 86.8 Å². The van der Waals surface area contributed by atoms with Crippen molar-refractivity contribution in [2.75, 3.05) is 85.1 Å². The number of carbonyl (C=O) groups is 4. The van der Waals surface area contributed by atoms with Crippen LogP contribution in [0.25, 0.3) is 0 Å². The number of thiocarbonyl (C=S) groups is 4. The summed E-state index contributed by atoms with van der Waals surface area (Å²) in [4.78, 5) is 50.4. The molecule has 0 aliphatic carbocycles. The first-order valence-corrected chi connectivity index (χ1v) is 22.3. The normalized spacial score (nSPS) is 9.95. The maximum atomic E-state index is 14.3. The number of halogens is 2. The third-order valence-electron chi connectivity index (χ3n) is 9.68. The van der Waals surface area contributed by atoms with Crippen molar-refractivity contribution in [3.05, 3.63) is 94.6 Å². The fourth-order valence-electron chi connectivity index (χ4n) is 6.19. The van der Waals surface area contributed by atoms with Gasteiger partial charge in [0.05, 0.1) is 79.1 Å². The molecule has 73 heavy (non-hydrogen) atoms. The standard InChI is InChI=1S/2C23H27FN4O6S2.Na/c2*1-27(22(35)15-9-13(31-3)7-8-18(15)33-5)25-19(29)12-20(30)26-28(2)23(36)16-10-14(32-4)11-17(24)21(16)34-6;/h2*7-11H,12H2,1-6H3,(H,25,29)(H,26,30);/q;;+1.